The van der Waals surface area contributed by atoms with Gasteiger partial charge in [0.05, 0.1) is 11.3 Å². The molecule has 1 N–H and O–H groups in total. The highest BCUT2D eigenvalue weighted by atomic mass is 16.5. The molecule has 4 aromatic rings. The van der Waals surface area contributed by atoms with Gasteiger partial charge < -0.3 is 9.26 Å². The zero-order valence-electron chi connectivity index (χ0n) is 21.0. The summed E-state index contributed by atoms with van der Waals surface area (Å²) in [6.07, 6.45) is 4.98. The molecule has 1 fully saturated rings. The Kier molecular flexibility index (Phi) is 6.40. The molecule has 0 spiro atoms. The Labute approximate surface area is 208 Å². The molecule has 0 saturated carbocycles. The van der Waals surface area contributed by atoms with E-state index >= 15 is 0 Å². The number of hydrogen-bond acceptors (Lipinski definition) is 9. The van der Waals surface area contributed by atoms with Crippen LogP contribution in [0.15, 0.2) is 35.0 Å². The smallest absolute Gasteiger partial charge is 0.267 e. The predicted molar refractivity (Wildman–Crippen MR) is 131 cm³/mol. The zero-order chi connectivity index (χ0) is 25.3. The molecule has 0 bridgehead atoms. The van der Waals surface area contributed by atoms with Gasteiger partial charge >= 0.3 is 0 Å². The number of hydrogen-bond donors (Lipinski definition) is 1. The summed E-state index contributed by atoms with van der Waals surface area (Å²) in [4.78, 5) is 17.0. The molecule has 0 unspecified atom stereocenters. The zero-order valence-corrected chi connectivity index (χ0v) is 21.0. The maximum Gasteiger partial charge on any atom is 0.267 e. The SMILES string of the molecule is Cc1cc(-c2nnc3cc(C(C)(C)C)c(OCc4ccc(C(=O)NN5CCCCC5)cn4)nn23)no1. The normalized spacial score (nSPS) is 14.8. The highest BCUT2D eigenvalue weighted by molar-refractivity contribution is 5.93. The van der Waals surface area contributed by atoms with E-state index in [4.69, 9.17) is 14.4 Å². The van der Waals surface area contributed by atoms with Gasteiger partial charge in [-0.05, 0) is 43.4 Å². The summed E-state index contributed by atoms with van der Waals surface area (Å²) in [5.74, 6) is 1.44. The number of aromatic nitrogens is 6. The minimum atomic E-state index is -0.246. The molecule has 1 aliphatic rings. The third kappa shape index (κ3) is 5.06. The van der Waals surface area contributed by atoms with Crippen LogP contribution in [0.1, 0.15) is 67.4 Å². The van der Waals surface area contributed by atoms with E-state index in [1.165, 1.54) is 6.42 Å². The van der Waals surface area contributed by atoms with Crippen LogP contribution in [-0.2, 0) is 12.0 Å². The van der Waals surface area contributed by atoms with Crippen molar-refractivity contribution in [3.05, 3.63) is 53.0 Å². The number of nitrogens with one attached hydrogen (secondary N) is 1. The fraction of sp³-hybridized carbons (Fsp3) is 0.440. The number of ether oxygens (including phenoxy) is 1. The van der Waals surface area contributed by atoms with Gasteiger partial charge in [0, 0.05) is 30.9 Å². The number of carbonyl (C=O) groups is 1. The van der Waals surface area contributed by atoms with Crippen LogP contribution in [-0.4, -0.2) is 54.0 Å². The second kappa shape index (κ2) is 9.65. The van der Waals surface area contributed by atoms with E-state index in [0.717, 1.165) is 31.5 Å². The summed E-state index contributed by atoms with van der Waals surface area (Å²) < 4.78 is 12.9. The topological polar surface area (TPSA) is 124 Å². The van der Waals surface area contributed by atoms with Crippen molar-refractivity contribution in [3.8, 4) is 17.4 Å². The maximum atomic E-state index is 12.5. The van der Waals surface area contributed by atoms with Crippen molar-refractivity contribution >= 4 is 11.6 Å². The van der Waals surface area contributed by atoms with E-state index in [0.29, 0.717) is 40.1 Å². The van der Waals surface area contributed by atoms with Gasteiger partial charge in [0.25, 0.3) is 5.91 Å². The summed E-state index contributed by atoms with van der Waals surface area (Å²) in [5, 5.41) is 19.2. The van der Waals surface area contributed by atoms with Crippen LogP contribution < -0.4 is 10.2 Å². The van der Waals surface area contributed by atoms with E-state index in [1.807, 2.05) is 18.0 Å². The van der Waals surface area contributed by atoms with Crippen molar-refractivity contribution < 1.29 is 14.1 Å². The molecule has 5 heterocycles. The minimum Gasteiger partial charge on any atom is -0.470 e. The van der Waals surface area contributed by atoms with Gasteiger partial charge in [-0.2, -0.15) is 4.52 Å². The first-order valence-electron chi connectivity index (χ1n) is 12.1. The highest BCUT2D eigenvalue weighted by Gasteiger charge is 2.24. The molecular formula is C25H30N8O3. The fourth-order valence-electron chi connectivity index (χ4n) is 4.09. The van der Waals surface area contributed by atoms with Crippen molar-refractivity contribution in [2.24, 2.45) is 0 Å². The quantitative estimate of drug-likeness (QED) is 0.432. The second-order valence-corrected chi connectivity index (χ2v) is 10.0. The molecule has 5 rings (SSSR count). The van der Waals surface area contributed by atoms with Crippen LogP contribution in [0.3, 0.4) is 0 Å². The largest absolute Gasteiger partial charge is 0.470 e. The Bertz CT molecular complexity index is 1360. The summed E-state index contributed by atoms with van der Waals surface area (Å²) >= 11 is 0. The van der Waals surface area contributed by atoms with E-state index < -0.39 is 0 Å². The number of rotatable bonds is 6. The molecule has 11 heteroatoms. The first-order valence-corrected chi connectivity index (χ1v) is 12.1. The van der Waals surface area contributed by atoms with Crippen LogP contribution in [0.25, 0.3) is 17.2 Å². The second-order valence-electron chi connectivity index (χ2n) is 10.0. The Hall–Kier alpha value is -3.86. The molecular weight excluding hydrogens is 460 g/mol. The average Bonchev–Trinajstić information content (AvgIpc) is 3.48. The Balaban J connectivity index is 1.35. The maximum absolute atomic E-state index is 12.5. The number of amides is 1. The number of pyridine rings is 1. The summed E-state index contributed by atoms with van der Waals surface area (Å²) in [6.45, 7) is 10.0. The average molecular weight is 491 g/mol. The molecule has 4 aromatic heterocycles. The first kappa shape index (κ1) is 23.9. The molecule has 11 nitrogen and oxygen atoms in total. The van der Waals surface area contributed by atoms with Crippen LogP contribution in [0, 0.1) is 6.92 Å². The first-order chi connectivity index (χ1) is 17.3. The predicted octanol–water partition coefficient (Wildman–Crippen LogP) is 3.49. The van der Waals surface area contributed by atoms with Crippen LogP contribution in [0.4, 0.5) is 0 Å². The van der Waals surface area contributed by atoms with Crippen molar-refractivity contribution in [1.82, 2.24) is 40.4 Å². The number of hydrazine groups is 1. The van der Waals surface area contributed by atoms with Gasteiger partial charge in [-0.3, -0.25) is 15.2 Å². The standard InChI is InChI=1S/C25H30N8O3/c1-16-12-20(31-36-16)22-28-27-21-13-19(25(2,3)4)24(30-33(21)22)35-15-18-9-8-17(14-26-18)23(34)29-32-10-6-5-7-11-32/h8-9,12-14H,5-7,10-11,15H2,1-4H3,(H,29,34). The molecule has 1 amide bonds. The number of aryl methyl sites for hydroxylation is 1. The molecule has 0 radical (unpaired) electrons. The molecule has 0 aliphatic carbocycles. The van der Waals surface area contributed by atoms with E-state index in [2.05, 4.69) is 46.5 Å². The molecule has 0 atom stereocenters. The lowest BCUT2D eigenvalue weighted by Gasteiger charge is -2.26. The van der Waals surface area contributed by atoms with Crippen molar-refractivity contribution in [2.45, 2.75) is 59.0 Å². The summed E-state index contributed by atoms with van der Waals surface area (Å²) in [6, 6.07) is 7.26. The molecule has 1 saturated heterocycles. The minimum absolute atomic E-state index is 0.151. The molecule has 0 aromatic carbocycles. The van der Waals surface area contributed by atoms with Gasteiger partial charge in [-0.1, -0.05) is 32.3 Å². The third-order valence-corrected chi connectivity index (χ3v) is 6.08. The number of piperidine rings is 1. The van der Waals surface area contributed by atoms with Crippen LogP contribution >= 0.6 is 0 Å². The van der Waals surface area contributed by atoms with Crippen molar-refractivity contribution in [3.63, 3.8) is 0 Å². The molecule has 36 heavy (non-hydrogen) atoms. The fourth-order valence-corrected chi connectivity index (χ4v) is 4.09. The number of fused-ring (bicyclic) bond motifs is 1. The highest BCUT2D eigenvalue weighted by Crippen LogP contribution is 2.32. The van der Waals surface area contributed by atoms with E-state index in [-0.39, 0.29) is 17.9 Å². The van der Waals surface area contributed by atoms with Gasteiger partial charge in [-0.25, -0.2) is 5.01 Å². The third-order valence-electron chi connectivity index (χ3n) is 6.08. The van der Waals surface area contributed by atoms with Gasteiger partial charge in [0.15, 0.2) is 11.3 Å². The summed E-state index contributed by atoms with van der Waals surface area (Å²) in [7, 11) is 0. The van der Waals surface area contributed by atoms with Crippen molar-refractivity contribution in [2.75, 3.05) is 13.1 Å². The number of nitrogens with zero attached hydrogens (tertiary/aromatic N) is 7. The Morgan fingerprint density at radius 2 is 1.94 bits per heavy atom. The lowest BCUT2D eigenvalue weighted by molar-refractivity contribution is 0.0749. The van der Waals surface area contributed by atoms with E-state index in [1.54, 1.807) is 28.9 Å². The van der Waals surface area contributed by atoms with Gasteiger partial charge in [-0.15, -0.1) is 15.3 Å². The van der Waals surface area contributed by atoms with Crippen molar-refractivity contribution in [1.29, 1.82) is 0 Å². The Morgan fingerprint density at radius 1 is 1.14 bits per heavy atom. The monoisotopic (exact) mass is 490 g/mol. The number of carbonyl (C=O) groups excluding carboxylic acids is 1. The Morgan fingerprint density at radius 3 is 2.61 bits per heavy atom. The van der Waals surface area contributed by atoms with E-state index in [9.17, 15) is 4.79 Å². The van der Waals surface area contributed by atoms with Gasteiger partial charge in [0.2, 0.25) is 11.7 Å². The van der Waals surface area contributed by atoms with Gasteiger partial charge in [0.1, 0.15) is 12.4 Å². The van der Waals surface area contributed by atoms with Crippen LogP contribution in [0.2, 0.25) is 0 Å². The van der Waals surface area contributed by atoms with Crippen LogP contribution in [0.5, 0.6) is 5.88 Å². The lowest BCUT2D eigenvalue weighted by Crippen LogP contribution is -2.45. The molecule has 1 aliphatic heterocycles. The lowest BCUT2D eigenvalue weighted by atomic mass is 9.88. The summed E-state index contributed by atoms with van der Waals surface area (Å²) in [5.41, 5.74) is 5.93. The molecule has 188 valence electrons.